The Hall–Kier alpha value is -0.560. The maximum atomic E-state index is 2.26. The van der Waals surface area contributed by atoms with Crippen molar-refractivity contribution in [1.29, 1.82) is 0 Å². The van der Waals surface area contributed by atoms with Crippen LogP contribution >= 0.6 is 11.3 Å². The van der Waals surface area contributed by atoms with Crippen LogP contribution in [-0.4, -0.2) is 0 Å². The van der Waals surface area contributed by atoms with Crippen LogP contribution in [0, 0.1) is 6.92 Å². The van der Waals surface area contributed by atoms with Crippen LogP contribution in [0.1, 0.15) is 22.4 Å². The molecule has 0 aliphatic heterocycles. The Labute approximate surface area is 65.2 Å². The summed E-state index contributed by atoms with van der Waals surface area (Å²) >= 11 is 1.87. The van der Waals surface area contributed by atoms with Crippen molar-refractivity contribution >= 4 is 17.4 Å². The number of fused-ring (bicyclic) bond motifs is 1. The Morgan fingerprint density at radius 2 is 2.40 bits per heavy atom. The van der Waals surface area contributed by atoms with Gasteiger partial charge in [-0.05, 0) is 42.3 Å². The van der Waals surface area contributed by atoms with E-state index in [4.69, 9.17) is 0 Å². The SMILES string of the molecule is Cc1csc2c1CCC=C2. The van der Waals surface area contributed by atoms with E-state index in [1.165, 1.54) is 23.3 Å². The van der Waals surface area contributed by atoms with Gasteiger partial charge >= 0.3 is 0 Å². The van der Waals surface area contributed by atoms with E-state index >= 15 is 0 Å². The number of hydrogen-bond donors (Lipinski definition) is 0. The minimum absolute atomic E-state index is 1.23. The predicted molar refractivity (Wildman–Crippen MR) is 46.4 cm³/mol. The molecule has 1 heterocycles. The molecule has 0 spiro atoms. The second-order valence-corrected chi connectivity index (χ2v) is 3.61. The molecule has 0 N–H and O–H groups in total. The molecule has 1 heteroatoms. The van der Waals surface area contributed by atoms with Crippen molar-refractivity contribution in [3.05, 3.63) is 27.5 Å². The van der Waals surface area contributed by atoms with Crippen LogP contribution in [0.4, 0.5) is 0 Å². The van der Waals surface area contributed by atoms with Gasteiger partial charge in [0.1, 0.15) is 0 Å². The van der Waals surface area contributed by atoms with Crippen molar-refractivity contribution in [3.8, 4) is 0 Å². The summed E-state index contributed by atoms with van der Waals surface area (Å²) in [6, 6.07) is 0. The fourth-order valence-corrected chi connectivity index (χ4v) is 2.39. The van der Waals surface area contributed by atoms with E-state index in [2.05, 4.69) is 24.5 Å². The van der Waals surface area contributed by atoms with Gasteiger partial charge in [0, 0.05) is 4.88 Å². The van der Waals surface area contributed by atoms with Crippen LogP contribution in [0.5, 0.6) is 0 Å². The molecule has 0 amide bonds. The third-order valence-corrected chi connectivity index (χ3v) is 3.07. The summed E-state index contributed by atoms with van der Waals surface area (Å²) in [4.78, 5) is 1.48. The van der Waals surface area contributed by atoms with Gasteiger partial charge in [0.15, 0.2) is 0 Å². The van der Waals surface area contributed by atoms with Crippen molar-refractivity contribution in [1.82, 2.24) is 0 Å². The highest BCUT2D eigenvalue weighted by molar-refractivity contribution is 7.11. The molecule has 0 saturated carbocycles. The van der Waals surface area contributed by atoms with Crippen molar-refractivity contribution in [3.63, 3.8) is 0 Å². The summed E-state index contributed by atoms with van der Waals surface area (Å²) in [5.74, 6) is 0. The molecule has 0 nitrogen and oxygen atoms in total. The van der Waals surface area contributed by atoms with Crippen LogP contribution < -0.4 is 0 Å². The zero-order valence-corrected chi connectivity index (χ0v) is 6.87. The van der Waals surface area contributed by atoms with Gasteiger partial charge in [-0.1, -0.05) is 6.08 Å². The highest BCUT2D eigenvalue weighted by Gasteiger charge is 2.07. The van der Waals surface area contributed by atoms with Gasteiger partial charge in [-0.15, -0.1) is 11.3 Å². The van der Waals surface area contributed by atoms with E-state index in [0.717, 1.165) is 0 Å². The Morgan fingerprint density at radius 3 is 3.20 bits per heavy atom. The predicted octanol–water partition coefficient (Wildman–Crippen LogP) is 3.02. The number of allylic oxidation sites excluding steroid dienone is 1. The molecule has 0 fully saturated rings. The maximum absolute atomic E-state index is 2.26. The molecule has 1 aromatic rings. The van der Waals surface area contributed by atoms with E-state index in [0.29, 0.717) is 0 Å². The molecule has 0 radical (unpaired) electrons. The molecule has 0 bridgehead atoms. The molecule has 0 unspecified atom stereocenters. The maximum Gasteiger partial charge on any atom is 0.0301 e. The number of rotatable bonds is 0. The average molecular weight is 150 g/mol. The lowest BCUT2D eigenvalue weighted by Crippen LogP contribution is -1.89. The van der Waals surface area contributed by atoms with Crippen molar-refractivity contribution in [2.24, 2.45) is 0 Å². The molecular weight excluding hydrogens is 140 g/mol. The Balaban J connectivity index is 2.57. The summed E-state index contributed by atoms with van der Waals surface area (Å²) in [5, 5.41) is 2.25. The lowest BCUT2D eigenvalue weighted by molar-refractivity contribution is 0.984. The Bertz CT molecular complexity index is 268. The number of hydrogen-bond acceptors (Lipinski definition) is 1. The summed E-state index contributed by atoms with van der Waals surface area (Å²) in [6.45, 7) is 2.20. The third kappa shape index (κ3) is 0.816. The highest BCUT2D eigenvalue weighted by Crippen LogP contribution is 2.27. The van der Waals surface area contributed by atoms with Crippen LogP contribution in [0.2, 0.25) is 0 Å². The first-order valence-corrected chi connectivity index (χ1v) is 4.49. The zero-order valence-electron chi connectivity index (χ0n) is 6.05. The van der Waals surface area contributed by atoms with Gasteiger partial charge in [0.2, 0.25) is 0 Å². The largest absolute Gasteiger partial charge is 0.144 e. The standard InChI is InChI=1S/C9H10S/c1-7-6-10-9-5-3-2-4-8(7)9/h3,5-6H,2,4H2,1H3. The van der Waals surface area contributed by atoms with E-state index in [1.54, 1.807) is 5.56 Å². The molecular formula is C9H10S. The summed E-state index contributed by atoms with van der Waals surface area (Å²) in [7, 11) is 0. The van der Waals surface area contributed by atoms with E-state index in [1.807, 2.05) is 11.3 Å². The molecule has 0 aromatic carbocycles. The monoisotopic (exact) mass is 150 g/mol. The molecule has 1 aliphatic rings. The first-order valence-electron chi connectivity index (χ1n) is 3.61. The zero-order chi connectivity index (χ0) is 6.97. The fraction of sp³-hybridized carbons (Fsp3) is 0.333. The second-order valence-electron chi connectivity index (χ2n) is 2.70. The quantitative estimate of drug-likeness (QED) is 0.533. The minimum Gasteiger partial charge on any atom is -0.144 e. The van der Waals surface area contributed by atoms with Gasteiger partial charge in [0.25, 0.3) is 0 Å². The summed E-state index contributed by atoms with van der Waals surface area (Å²) < 4.78 is 0. The van der Waals surface area contributed by atoms with Gasteiger partial charge in [-0.3, -0.25) is 0 Å². The Kier molecular flexibility index (Phi) is 1.38. The highest BCUT2D eigenvalue weighted by atomic mass is 32.1. The lowest BCUT2D eigenvalue weighted by atomic mass is 10.0. The van der Waals surface area contributed by atoms with E-state index in [-0.39, 0.29) is 0 Å². The first-order chi connectivity index (χ1) is 4.88. The molecule has 0 saturated heterocycles. The Morgan fingerprint density at radius 1 is 1.50 bits per heavy atom. The van der Waals surface area contributed by atoms with Crippen LogP contribution in [-0.2, 0) is 6.42 Å². The molecule has 52 valence electrons. The van der Waals surface area contributed by atoms with Crippen molar-refractivity contribution in [2.75, 3.05) is 0 Å². The molecule has 10 heavy (non-hydrogen) atoms. The third-order valence-electron chi connectivity index (χ3n) is 1.97. The smallest absolute Gasteiger partial charge is 0.0301 e. The van der Waals surface area contributed by atoms with Crippen LogP contribution in [0.15, 0.2) is 11.5 Å². The number of thiophene rings is 1. The molecule has 0 atom stereocenters. The topological polar surface area (TPSA) is 0 Å². The normalized spacial score (nSPS) is 15.3. The fourth-order valence-electron chi connectivity index (χ4n) is 1.37. The lowest BCUT2D eigenvalue weighted by Gasteiger charge is -2.04. The minimum atomic E-state index is 1.23. The van der Waals surface area contributed by atoms with Crippen LogP contribution in [0.3, 0.4) is 0 Å². The van der Waals surface area contributed by atoms with Gasteiger partial charge < -0.3 is 0 Å². The van der Waals surface area contributed by atoms with E-state index in [9.17, 15) is 0 Å². The van der Waals surface area contributed by atoms with Crippen LogP contribution in [0.25, 0.3) is 6.08 Å². The average Bonchev–Trinajstić information content (AvgIpc) is 2.34. The first kappa shape index (κ1) is 6.17. The summed E-state index contributed by atoms with van der Waals surface area (Å²) in [6.07, 6.45) is 6.99. The van der Waals surface area contributed by atoms with E-state index < -0.39 is 0 Å². The second kappa shape index (κ2) is 2.24. The number of aryl methyl sites for hydroxylation is 1. The molecule has 2 rings (SSSR count). The van der Waals surface area contributed by atoms with Crippen molar-refractivity contribution < 1.29 is 0 Å². The summed E-state index contributed by atoms with van der Waals surface area (Å²) in [5.41, 5.74) is 3.05. The van der Waals surface area contributed by atoms with Gasteiger partial charge in [0.05, 0.1) is 0 Å². The molecule has 1 aromatic heterocycles. The van der Waals surface area contributed by atoms with Gasteiger partial charge in [-0.25, -0.2) is 0 Å². The van der Waals surface area contributed by atoms with Crippen molar-refractivity contribution in [2.45, 2.75) is 19.8 Å². The van der Waals surface area contributed by atoms with Gasteiger partial charge in [-0.2, -0.15) is 0 Å². The molecule has 1 aliphatic carbocycles.